The van der Waals surface area contributed by atoms with Crippen LogP contribution in [0.15, 0.2) is 12.4 Å². The molecule has 0 bridgehead atoms. The van der Waals surface area contributed by atoms with Gasteiger partial charge in [-0.2, -0.15) is 0 Å². The Morgan fingerprint density at radius 2 is 1.85 bits per heavy atom. The maximum atomic E-state index is 5.53. The van der Waals surface area contributed by atoms with Crippen LogP contribution < -0.4 is 4.52 Å². The SMILES string of the molecule is C#COP(=S)(Oc1cnc(C(C)(C)C)nc1)OC(C)C. The summed E-state index contributed by atoms with van der Waals surface area (Å²) in [6.07, 6.45) is 10.1. The predicted octanol–water partition coefficient (Wildman–Crippen LogP) is 3.41. The van der Waals surface area contributed by atoms with Gasteiger partial charge in [-0.25, -0.2) is 9.97 Å². The normalized spacial score (nSPS) is 14.4. The molecule has 0 N–H and O–H groups in total. The number of aromatic nitrogens is 2. The molecular weight excluding hydrogens is 295 g/mol. The first-order chi connectivity index (χ1) is 9.16. The van der Waals surface area contributed by atoms with Crippen LogP contribution in [-0.4, -0.2) is 16.1 Å². The molecule has 1 unspecified atom stereocenters. The van der Waals surface area contributed by atoms with Crippen molar-refractivity contribution in [3.8, 4) is 18.3 Å². The average molecular weight is 314 g/mol. The Bertz CT molecular complexity index is 532. The molecule has 1 heterocycles. The fraction of sp³-hybridized carbons (Fsp3) is 0.538. The fourth-order valence-corrected chi connectivity index (χ4v) is 3.29. The van der Waals surface area contributed by atoms with Crippen LogP contribution >= 0.6 is 6.72 Å². The van der Waals surface area contributed by atoms with E-state index < -0.39 is 6.72 Å². The maximum absolute atomic E-state index is 5.53. The average Bonchev–Trinajstić information content (AvgIpc) is 2.27. The summed E-state index contributed by atoms with van der Waals surface area (Å²) in [5.74, 6) is 1.08. The summed E-state index contributed by atoms with van der Waals surface area (Å²) in [6.45, 7) is 6.68. The Balaban J connectivity index is 2.90. The summed E-state index contributed by atoms with van der Waals surface area (Å²) in [7, 11) is 0. The number of rotatable bonds is 5. The number of terminal acetylenes is 1. The second-order valence-corrected chi connectivity index (χ2v) is 8.21. The molecule has 0 saturated heterocycles. The Kier molecular flexibility index (Phi) is 5.52. The van der Waals surface area contributed by atoms with Crippen molar-refractivity contribution in [2.24, 2.45) is 0 Å². The van der Waals surface area contributed by atoms with Gasteiger partial charge in [-0.1, -0.05) is 27.2 Å². The summed E-state index contributed by atoms with van der Waals surface area (Å²) >= 11 is 5.21. The van der Waals surface area contributed by atoms with Crippen molar-refractivity contribution in [2.45, 2.75) is 46.1 Å². The minimum Gasteiger partial charge on any atom is -0.412 e. The van der Waals surface area contributed by atoms with E-state index in [2.05, 4.69) is 9.97 Å². The van der Waals surface area contributed by atoms with Gasteiger partial charge in [0.15, 0.2) is 5.75 Å². The van der Waals surface area contributed by atoms with Gasteiger partial charge in [-0.05, 0) is 13.8 Å². The van der Waals surface area contributed by atoms with E-state index in [0.29, 0.717) is 11.6 Å². The molecule has 7 heteroatoms. The van der Waals surface area contributed by atoms with E-state index in [9.17, 15) is 0 Å². The van der Waals surface area contributed by atoms with Crippen LogP contribution in [0.4, 0.5) is 0 Å². The van der Waals surface area contributed by atoms with Gasteiger partial charge in [0.25, 0.3) is 0 Å². The van der Waals surface area contributed by atoms with Gasteiger partial charge in [0.05, 0.1) is 18.5 Å². The lowest BCUT2D eigenvalue weighted by molar-refractivity contribution is 0.200. The first-order valence-electron chi connectivity index (χ1n) is 6.11. The zero-order chi connectivity index (χ0) is 15.4. The Labute approximate surface area is 125 Å². The zero-order valence-electron chi connectivity index (χ0n) is 12.3. The molecule has 0 aliphatic rings. The highest BCUT2D eigenvalue weighted by atomic mass is 32.5. The van der Waals surface area contributed by atoms with Crippen molar-refractivity contribution < 1.29 is 13.6 Å². The third-order valence-corrected chi connectivity index (χ3v) is 4.17. The van der Waals surface area contributed by atoms with Crippen LogP contribution in [0.3, 0.4) is 0 Å². The van der Waals surface area contributed by atoms with Gasteiger partial charge in [0, 0.05) is 17.2 Å². The topological polar surface area (TPSA) is 53.5 Å². The molecule has 0 aliphatic carbocycles. The first kappa shape index (κ1) is 16.9. The molecule has 110 valence electrons. The minimum absolute atomic E-state index is 0.136. The van der Waals surface area contributed by atoms with Gasteiger partial charge in [0.1, 0.15) is 11.9 Å². The van der Waals surface area contributed by atoms with Gasteiger partial charge in [-0.15, -0.1) is 0 Å². The van der Waals surface area contributed by atoms with Crippen molar-refractivity contribution >= 4 is 18.5 Å². The largest absolute Gasteiger partial charge is 0.443 e. The smallest absolute Gasteiger partial charge is 0.412 e. The molecule has 1 atom stereocenters. The molecule has 0 saturated carbocycles. The van der Waals surface area contributed by atoms with Crippen LogP contribution in [0.25, 0.3) is 0 Å². The molecule has 0 spiro atoms. The second kappa shape index (κ2) is 6.53. The molecule has 20 heavy (non-hydrogen) atoms. The Hall–Kier alpha value is -1.15. The van der Waals surface area contributed by atoms with E-state index in [-0.39, 0.29) is 11.5 Å². The highest BCUT2D eigenvalue weighted by molar-refractivity contribution is 8.07. The summed E-state index contributed by atoms with van der Waals surface area (Å²) in [5, 5.41) is 0. The monoisotopic (exact) mass is 314 g/mol. The molecular formula is C13H19N2O3PS. The molecule has 1 aromatic rings. The van der Waals surface area contributed by atoms with Crippen LogP contribution in [0, 0.1) is 12.5 Å². The third-order valence-electron chi connectivity index (χ3n) is 2.02. The zero-order valence-corrected chi connectivity index (χ0v) is 14.0. The van der Waals surface area contributed by atoms with Crippen LogP contribution in [0.1, 0.15) is 40.4 Å². The van der Waals surface area contributed by atoms with Crippen LogP contribution in [0.5, 0.6) is 5.75 Å². The van der Waals surface area contributed by atoms with Crippen molar-refractivity contribution in [3.63, 3.8) is 0 Å². The molecule has 0 aliphatic heterocycles. The van der Waals surface area contributed by atoms with E-state index in [4.69, 9.17) is 31.8 Å². The standard InChI is InChI=1S/C13H19N2O3PS/c1-7-16-19(20,17-10(2)3)18-11-8-14-12(15-9-11)13(4,5)6/h1,8-10H,2-6H3. The molecule has 0 fully saturated rings. The minimum atomic E-state index is -3.04. The highest BCUT2D eigenvalue weighted by Gasteiger charge is 2.26. The first-order valence-corrected chi connectivity index (χ1v) is 8.66. The Morgan fingerprint density at radius 1 is 1.30 bits per heavy atom. The predicted molar refractivity (Wildman–Crippen MR) is 81.8 cm³/mol. The van der Waals surface area contributed by atoms with Crippen molar-refractivity contribution in [1.29, 1.82) is 0 Å². The highest BCUT2D eigenvalue weighted by Crippen LogP contribution is 2.50. The second-order valence-electron chi connectivity index (χ2n) is 5.39. The van der Waals surface area contributed by atoms with Gasteiger partial charge in [-0.3, -0.25) is 4.52 Å². The van der Waals surface area contributed by atoms with Gasteiger partial charge < -0.3 is 9.05 Å². The maximum Gasteiger partial charge on any atom is 0.443 e. The molecule has 0 aromatic carbocycles. The van der Waals surface area contributed by atoms with Gasteiger partial charge in [0.2, 0.25) is 0 Å². The van der Waals surface area contributed by atoms with E-state index in [1.54, 1.807) is 0 Å². The lowest BCUT2D eigenvalue weighted by Gasteiger charge is -2.21. The molecule has 1 aromatic heterocycles. The fourth-order valence-electron chi connectivity index (χ4n) is 1.26. The molecule has 0 radical (unpaired) electrons. The lowest BCUT2D eigenvalue weighted by atomic mass is 9.96. The summed E-state index contributed by atoms with van der Waals surface area (Å²) in [6, 6.07) is 0. The Morgan fingerprint density at radius 3 is 2.25 bits per heavy atom. The third kappa shape index (κ3) is 5.09. The van der Waals surface area contributed by atoms with Crippen molar-refractivity contribution in [2.75, 3.05) is 0 Å². The number of hydrogen-bond acceptors (Lipinski definition) is 6. The number of nitrogens with zero attached hydrogens (tertiary/aromatic N) is 2. The lowest BCUT2D eigenvalue weighted by Crippen LogP contribution is -2.15. The van der Waals surface area contributed by atoms with Crippen LogP contribution in [-0.2, 0) is 26.3 Å². The molecule has 1 rings (SSSR count). The summed E-state index contributed by atoms with van der Waals surface area (Å²) in [5.41, 5.74) is -0.136. The van der Waals surface area contributed by atoms with E-state index >= 15 is 0 Å². The quantitative estimate of drug-likeness (QED) is 0.613. The number of hydrogen-bond donors (Lipinski definition) is 0. The summed E-state index contributed by atoms with van der Waals surface area (Å²) < 4.78 is 16.0. The van der Waals surface area contributed by atoms with E-state index in [1.165, 1.54) is 12.4 Å². The van der Waals surface area contributed by atoms with E-state index in [1.807, 2.05) is 40.7 Å². The molecule has 5 nitrogen and oxygen atoms in total. The van der Waals surface area contributed by atoms with Crippen molar-refractivity contribution in [1.82, 2.24) is 9.97 Å². The van der Waals surface area contributed by atoms with Crippen LogP contribution in [0.2, 0.25) is 0 Å². The van der Waals surface area contributed by atoms with Crippen molar-refractivity contribution in [3.05, 3.63) is 18.2 Å². The summed E-state index contributed by atoms with van der Waals surface area (Å²) in [4.78, 5) is 8.49. The molecule has 0 amide bonds. The van der Waals surface area contributed by atoms with Gasteiger partial charge >= 0.3 is 6.72 Å². The van der Waals surface area contributed by atoms with E-state index in [0.717, 1.165) is 0 Å².